The highest BCUT2D eigenvalue weighted by Crippen LogP contribution is 2.03. The zero-order valence-electron chi connectivity index (χ0n) is 11.2. The van der Waals surface area contributed by atoms with Crippen LogP contribution in [-0.2, 0) is 6.54 Å². The number of carbonyl (C=O) groups is 1. The van der Waals surface area contributed by atoms with Crippen LogP contribution in [0.1, 0.15) is 25.0 Å². The van der Waals surface area contributed by atoms with E-state index in [4.69, 9.17) is 5.11 Å². The fourth-order valence-corrected chi connectivity index (χ4v) is 1.56. The van der Waals surface area contributed by atoms with Crippen molar-refractivity contribution >= 4 is 6.03 Å². The highest BCUT2D eigenvalue weighted by Gasteiger charge is 2.13. The van der Waals surface area contributed by atoms with Crippen LogP contribution < -0.4 is 10.6 Å². The van der Waals surface area contributed by atoms with E-state index in [1.54, 1.807) is 0 Å². The van der Waals surface area contributed by atoms with Gasteiger partial charge in [-0.1, -0.05) is 36.8 Å². The zero-order chi connectivity index (χ0) is 13.5. The van der Waals surface area contributed by atoms with E-state index in [9.17, 15) is 4.79 Å². The van der Waals surface area contributed by atoms with E-state index in [-0.39, 0.29) is 24.6 Å². The molecule has 4 heteroatoms. The van der Waals surface area contributed by atoms with E-state index in [2.05, 4.69) is 10.6 Å². The lowest BCUT2D eigenvalue weighted by Crippen LogP contribution is -2.43. The van der Waals surface area contributed by atoms with Gasteiger partial charge in [-0.2, -0.15) is 0 Å². The minimum atomic E-state index is -0.204. The van der Waals surface area contributed by atoms with Crippen molar-refractivity contribution in [2.75, 3.05) is 6.61 Å². The molecule has 0 aromatic heterocycles. The van der Waals surface area contributed by atoms with Gasteiger partial charge in [-0.05, 0) is 25.3 Å². The van der Waals surface area contributed by atoms with Gasteiger partial charge >= 0.3 is 6.03 Å². The molecule has 1 aromatic carbocycles. The fourth-order valence-electron chi connectivity index (χ4n) is 1.56. The standard InChI is InChI=1S/C14H22N2O2/c1-10-5-4-6-13(7-10)8-15-14(18)16-12(3)11(2)9-17/h4-7,11-12,17H,8-9H2,1-3H3,(H2,15,16,18). The molecule has 18 heavy (non-hydrogen) atoms. The second-order valence-electron chi connectivity index (χ2n) is 4.76. The predicted octanol–water partition coefficient (Wildman–Crippen LogP) is 1.81. The molecule has 0 heterocycles. The first-order chi connectivity index (χ1) is 8.52. The Balaban J connectivity index is 2.37. The number of rotatable bonds is 5. The molecule has 1 rings (SSSR count). The van der Waals surface area contributed by atoms with Crippen molar-refractivity contribution in [3.63, 3.8) is 0 Å². The van der Waals surface area contributed by atoms with Crippen LogP contribution in [0.5, 0.6) is 0 Å². The molecule has 2 atom stereocenters. The summed E-state index contributed by atoms with van der Waals surface area (Å²) in [6, 6.07) is 7.76. The monoisotopic (exact) mass is 250 g/mol. The summed E-state index contributed by atoms with van der Waals surface area (Å²) in [4.78, 5) is 11.6. The van der Waals surface area contributed by atoms with Gasteiger partial charge in [-0.3, -0.25) is 0 Å². The normalized spacial score (nSPS) is 13.8. The number of urea groups is 1. The number of amides is 2. The van der Waals surface area contributed by atoms with Crippen molar-refractivity contribution in [3.8, 4) is 0 Å². The molecule has 0 aliphatic rings. The number of hydrogen-bond donors (Lipinski definition) is 3. The third-order valence-corrected chi connectivity index (χ3v) is 3.04. The SMILES string of the molecule is Cc1cccc(CNC(=O)NC(C)C(C)CO)c1. The molecule has 0 radical (unpaired) electrons. The number of benzene rings is 1. The number of carbonyl (C=O) groups excluding carboxylic acids is 1. The third-order valence-electron chi connectivity index (χ3n) is 3.04. The molecule has 0 aliphatic heterocycles. The summed E-state index contributed by atoms with van der Waals surface area (Å²) < 4.78 is 0. The van der Waals surface area contributed by atoms with Crippen molar-refractivity contribution in [2.24, 2.45) is 5.92 Å². The van der Waals surface area contributed by atoms with Crippen LogP contribution in [0.25, 0.3) is 0 Å². The zero-order valence-corrected chi connectivity index (χ0v) is 11.2. The number of hydrogen-bond acceptors (Lipinski definition) is 2. The molecule has 0 fully saturated rings. The predicted molar refractivity (Wildman–Crippen MR) is 72.3 cm³/mol. The van der Waals surface area contributed by atoms with Gasteiger partial charge < -0.3 is 15.7 Å². The summed E-state index contributed by atoms with van der Waals surface area (Å²) >= 11 is 0. The molecule has 0 spiro atoms. The van der Waals surface area contributed by atoms with E-state index in [0.717, 1.165) is 5.56 Å². The van der Waals surface area contributed by atoms with Crippen molar-refractivity contribution < 1.29 is 9.90 Å². The van der Waals surface area contributed by atoms with Crippen molar-refractivity contribution in [1.29, 1.82) is 0 Å². The van der Waals surface area contributed by atoms with Crippen molar-refractivity contribution in [3.05, 3.63) is 35.4 Å². The molecular weight excluding hydrogens is 228 g/mol. The molecule has 1 aromatic rings. The first kappa shape index (κ1) is 14.5. The molecule has 0 saturated carbocycles. The highest BCUT2D eigenvalue weighted by molar-refractivity contribution is 5.74. The second-order valence-corrected chi connectivity index (χ2v) is 4.76. The Morgan fingerprint density at radius 2 is 2.11 bits per heavy atom. The van der Waals surface area contributed by atoms with E-state index in [1.165, 1.54) is 5.56 Å². The van der Waals surface area contributed by atoms with Gasteiger partial charge in [-0.25, -0.2) is 4.79 Å². The number of aliphatic hydroxyl groups is 1. The molecule has 2 amide bonds. The van der Waals surface area contributed by atoms with Crippen molar-refractivity contribution in [1.82, 2.24) is 10.6 Å². The average molecular weight is 250 g/mol. The minimum Gasteiger partial charge on any atom is -0.396 e. The fraction of sp³-hybridized carbons (Fsp3) is 0.500. The molecule has 2 unspecified atom stereocenters. The van der Waals surface area contributed by atoms with Crippen LogP contribution in [0, 0.1) is 12.8 Å². The number of nitrogens with one attached hydrogen (secondary N) is 2. The average Bonchev–Trinajstić information content (AvgIpc) is 2.35. The minimum absolute atomic E-state index is 0.0486. The Labute approximate surface area is 108 Å². The molecule has 0 bridgehead atoms. The lowest BCUT2D eigenvalue weighted by atomic mass is 10.1. The van der Waals surface area contributed by atoms with Gasteiger partial charge in [0.05, 0.1) is 0 Å². The summed E-state index contributed by atoms with van der Waals surface area (Å²) in [6.45, 7) is 6.38. The largest absolute Gasteiger partial charge is 0.396 e. The first-order valence-electron chi connectivity index (χ1n) is 6.23. The number of aliphatic hydroxyl groups excluding tert-OH is 1. The van der Waals surface area contributed by atoms with Crippen LogP contribution in [0.3, 0.4) is 0 Å². The maximum atomic E-state index is 11.6. The second kappa shape index (κ2) is 7.01. The Morgan fingerprint density at radius 1 is 1.39 bits per heavy atom. The summed E-state index contributed by atoms with van der Waals surface area (Å²) in [5.74, 6) is 0.0507. The van der Waals surface area contributed by atoms with Crippen molar-refractivity contribution in [2.45, 2.75) is 33.4 Å². The van der Waals surface area contributed by atoms with Gasteiger partial charge in [-0.15, -0.1) is 0 Å². The smallest absolute Gasteiger partial charge is 0.315 e. The van der Waals surface area contributed by atoms with E-state index >= 15 is 0 Å². The highest BCUT2D eigenvalue weighted by atomic mass is 16.3. The van der Waals surface area contributed by atoms with Crippen LogP contribution >= 0.6 is 0 Å². The summed E-state index contributed by atoms with van der Waals surface area (Å²) in [6.07, 6.45) is 0. The quantitative estimate of drug-likeness (QED) is 0.746. The summed E-state index contributed by atoms with van der Waals surface area (Å²) in [7, 11) is 0. The molecule has 0 saturated heterocycles. The Morgan fingerprint density at radius 3 is 2.72 bits per heavy atom. The van der Waals surface area contributed by atoms with Gasteiger partial charge in [0.2, 0.25) is 0 Å². The van der Waals surface area contributed by atoms with Crippen LogP contribution in [0.15, 0.2) is 24.3 Å². The lowest BCUT2D eigenvalue weighted by molar-refractivity contribution is 0.200. The van der Waals surface area contributed by atoms with E-state index in [1.807, 2.05) is 45.0 Å². The molecule has 4 nitrogen and oxygen atoms in total. The Bertz CT molecular complexity index is 393. The molecule has 3 N–H and O–H groups in total. The lowest BCUT2D eigenvalue weighted by Gasteiger charge is -2.19. The van der Waals surface area contributed by atoms with Crippen LogP contribution in [0.2, 0.25) is 0 Å². The summed E-state index contributed by atoms with van der Waals surface area (Å²) in [5.41, 5.74) is 2.25. The molecular formula is C14H22N2O2. The molecule has 0 aliphatic carbocycles. The van der Waals surface area contributed by atoms with Crippen LogP contribution in [0.4, 0.5) is 4.79 Å². The van der Waals surface area contributed by atoms with Gasteiger partial charge in [0.1, 0.15) is 0 Å². The van der Waals surface area contributed by atoms with Crippen LogP contribution in [-0.4, -0.2) is 23.8 Å². The molecule has 100 valence electrons. The number of aryl methyl sites for hydroxylation is 1. The maximum Gasteiger partial charge on any atom is 0.315 e. The topological polar surface area (TPSA) is 61.4 Å². The first-order valence-corrected chi connectivity index (χ1v) is 6.23. The maximum absolute atomic E-state index is 11.6. The Kier molecular flexibility index (Phi) is 5.65. The summed E-state index contributed by atoms with van der Waals surface area (Å²) in [5, 5.41) is 14.6. The van der Waals surface area contributed by atoms with E-state index < -0.39 is 0 Å². The van der Waals surface area contributed by atoms with Gasteiger partial charge in [0.15, 0.2) is 0 Å². The Hall–Kier alpha value is -1.55. The van der Waals surface area contributed by atoms with Gasteiger partial charge in [0.25, 0.3) is 0 Å². The third kappa shape index (κ3) is 4.75. The van der Waals surface area contributed by atoms with Gasteiger partial charge in [0, 0.05) is 19.2 Å². The van der Waals surface area contributed by atoms with E-state index in [0.29, 0.717) is 6.54 Å².